The van der Waals surface area contributed by atoms with Crippen LogP contribution in [-0.4, -0.2) is 25.3 Å². The van der Waals surface area contributed by atoms with E-state index in [0.717, 1.165) is 29.2 Å². The topological polar surface area (TPSA) is 66.6 Å². The van der Waals surface area contributed by atoms with Gasteiger partial charge in [-0.05, 0) is 37.3 Å². The Labute approximate surface area is 131 Å². The zero-order valence-electron chi connectivity index (χ0n) is 13.0. The van der Waals surface area contributed by atoms with Gasteiger partial charge in [-0.1, -0.05) is 0 Å². The van der Waals surface area contributed by atoms with Crippen LogP contribution in [0.4, 0.5) is 5.69 Å². The number of benzene rings is 1. The molecule has 1 aromatic heterocycles. The number of ether oxygens (including phenoxy) is 3. The first-order chi connectivity index (χ1) is 10.7. The first kappa shape index (κ1) is 16.1. The van der Waals surface area contributed by atoms with Gasteiger partial charge in [-0.3, -0.25) is 4.98 Å². The van der Waals surface area contributed by atoms with Crippen molar-refractivity contribution >= 4 is 5.69 Å². The summed E-state index contributed by atoms with van der Waals surface area (Å²) in [6.07, 6.45) is 2.59. The molecular formula is C17H22N2O3. The lowest BCUT2D eigenvalue weighted by Crippen LogP contribution is -2.06. The van der Waals surface area contributed by atoms with Gasteiger partial charge in [-0.25, -0.2) is 0 Å². The molecule has 5 nitrogen and oxygen atoms in total. The van der Waals surface area contributed by atoms with Crippen LogP contribution >= 0.6 is 0 Å². The van der Waals surface area contributed by atoms with Crippen molar-refractivity contribution in [3.05, 3.63) is 47.8 Å². The van der Waals surface area contributed by atoms with Gasteiger partial charge in [0.15, 0.2) is 0 Å². The summed E-state index contributed by atoms with van der Waals surface area (Å²) in [4.78, 5) is 4.36. The van der Waals surface area contributed by atoms with Gasteiger partial charge in [0.2, 0.25) is 0 Å². The van der Waals surface area contributed by atoms with Gasteiger partial charge in [-0.15, -0.1) is 0 Å². The van der Waals surface area contributed by atoms with E-state index in [2.05, 4.69) is 4.98 Å². The molecular weight excluding hydrogens is 280 g/mol. The minimum atomic E-state index is 0.394. The molecule has 22 heavy (non-hydrogen) atoms. The van der Waals surface area contributed by atoms with E-state index >= 15 is 0 Å². The zero-order chi connectivity index (χ0) is 15.8. The number of aromatic nitrogens is 1. The molecule has 0 aliphatic heterocycles. The second-order valence-electron chi connectivity index (χ2n) is 4.93. The fourth-order valence-electron chi connectivity index (χ4n) is 1.96. The van der Waals surface area contributed by atoms with E-state index in [1.807, 2.05) is 37.3 Å². The highest BCUT2D eigenvalue weighted by molar-refractivity contribution is 5.41. The molecule has 0 aliphatic carbocycles. The molecule has 2 rings (SSSR count). The summed E-state index contributed by atoms with van der Waals surface area (Å²) in [6.45, 7) is 3.69. The lowest BCUT2D eigenvalue weighted by atomic mass is 10.2. The third kappa shape index (κ3) is 4.63. The van der Waals surface area contributed by atoms with E-state index in [1.54, 1.807) is 13.3 Å². The van der Waals surface area contributed by atoms with Crippen molar-refractivity contribution in [1.29, 1.82) is 0 Å². The second-order valence-corrected chi connectivity index (χ2v) is 4.93. The van der Waals surface area contributed by atoms with Gasteiger partial charge >= 0.3 is 0 Å². The molecule has 0 bridgehead atoms. The standard InChI is InChI=1S/C17H22N2O3/c1-13-16(12-22-15-6-4-14(18)5-7-15)19-9-8-17(13)21-11-3-10-20-2/h4-9H,3,10-12,18H2,1-2H3. The van der Waals surface area contributed by atoms with E-state index in [4.69, 9.17) is 19.9 Å². The lowest BCUT2D eigenvalue weighted by molar-refractivity contribution is 0.171. The zero-order valence-corrected chi connectivity index (χ0v) is 13.0. The lowest BCUT2D eigenvalue weighted by Gasteiger charge is -2.12. The molecule has 1 aromatic carbocycles. The molecule has 0 unspecified atom stereocenters. The molecule has 2 aromatic rings. The predicted molar refractivity (Wildman–Crippen MR) is 86.1 cm³/mol. The van der Waals surface area contributed by atoms with Crippen LogP contribution in [0.5, 0.6) is 11.5 Å². The van der Waals surface area contributed by atoms with Crippen LogP contribution < -0.4 is 15.2 Å². The largest absolute Gasteiger partial charge is 0.493 e. The summed E-state index contributed by atoms with van der Waals surface area (Å²) < 4.78 is 16.5. The molecule has 2 N–H and O–H groups in total. The summed E-state index contributed by atoms with van der Waals surface area (Å²) >= 11 is 0. The fourth-order valence-corrected chi connectivity index (χ4v) is 1.96. The first-order valence-electron chi connectivity index (χ1n) is 7.25. The minimum absolute atomic E-state index is 0.394. The number of pyridine rings is 1. The number of rotatable bonds is 8. The summed E-state index contributed by atoms with van der Waals surface area (Å²) in [6, 6.07) is 9.18. The van der Waals surface area contributed by atoms with Crippen molar-refractivity contribution in [1.82, 2.24) is 4.98 Å². The molecule has 1 heterocycles. The number of hydrogen-bond donors (Lipinski definition) is 1. The van der Waals surface area contributed by atoms with Crippen molar-refractivity contribution in [2.45, 2.75) is 20.0 Å². The Morgan fingerprint density at radius 3 is 2.55 bits per heavy atom. The number of nitrogens with two attached hydrogens (primary N) is 1. The molecule has 118 valence electrons. The monoisotopic (exact) mass is 302 g/mol. The minimum Gasteiger partial charge on any atom is -0.493 e. The molecule has 0 aliphatic rings. The summed E-state index contributed by atoms with van der Waals surface area (Å²) in [5.74, 6) is 1.60. The van der Waals surface area contributed by atoms with Crippen molar-refractivity contribution in [2.75, 3.05) is 26.1 Å². The fraction of sp³-hybridized carbons (Fsp3) is 0.353. The highest BCUT2D eigenvalue weighted by atomic mass is 16.5. The van der Waals surface area contributed by atoms with Crippen molar-refractivity contribution < 1.29 is 14.2 Å². The van der Waals surface area contributed by atoms with Gasteiger partial charge in [0.1, 0.15) is 18.1 Å². The van der Waals surface area contributed by atoms with Crippen LogP contribution in [0.15, 0.2) is 36.5 Å². The second kappa shape index (κ2) is 8.24. The van der Waals surface area contributed by atoms with Crippen LogP contribution in [0.25, 0.3) is 0 Å². The maximum absolute atomic E-state index is 5.76. The van der Waals surface area contributed by atoms with E-state index in [9.17, 15) is 0 Å². The van der Waals surface area contributed by atoms with E-state index in [-0.39, 0.29) is 0 Å². The van der Waals surface area contributed by atoms with Gasteiger partial charge in [0, 0.05) is 37.6 Å². The average molecular weight is 302 g/mol. The molecule has 0 fully saturated rings. The number of nitrogens with zero attached hydrogens (tertiary/aromatic N) is 1. The quantitative estimate of drug-likeness (QED) is 0.600. The third-order valence-corrected chi connectivity index (χ3v) is 3.26. The molecule has 0 radical (unpaired) electrons. The molecule has 0 amide bonds. The molecule has 5 heteroatoms. The maximum Gasteiger partial charge on any atom is 0.131 e. The summed E-state index contributed by atoms with van der Waals surface area (Å²) in [5, 5.41) is 0. The van der Waals surface area contributed by atoms with Crippen molar-refractivity contribution in [3.63, 3.8) is 0 Å². The molecule has 0 saturated carbocycles. The normalized spacial score (nSPS) is 10.5. The van der Waals surface area contributed by atoms with Gasteiger partial charge in [0.25, 0.3) is 0 Å². The van der Waals surface area contributed by atoms with Gasteiger partial charge < -0.3 is 19.9 Å². The van der Waals surface area contributed by atoms with Crippen LogP contribution in [0, 0.1) is 6.92 Å². The SMILES string of the molecule is COCCCOc1ccnc(COc2ccc(N)cc2)c1C. The Morgan fingerprint density at radius 1 is 1.05 bits per heavy atom. The van der Waals surface area contributed by atoms with E-state index in [0.29, 0.717) is 25.5 Å². The van der Waals surface area contributed by atoms with E-state index in [1.165, 1.54) is 0 Å². The Balaban J connectivity index is 1.94. The average Bonchev–Trinajstić information content (AvgIpc) is 2.53. The van der Waals surface area contributed by atoms with Crippen molar-refractivity contribution in [3.8, 4) is 11.5 Å². The summed E-state index contributed by atoms with van der Waals surface area (Å²) in [7, 11) is 1.68. The number of hydrogen-bond acceptors (Lipinski definition) is 5. The number of methoxy groups -OCH3 is 1. The first-order valence-corrected chi connectivity index (χ1v) is 7.25. The maximum atomic E-state index is 5.76. The Morgan fingerprint density at radius 2 is 1.82 bits per heavy atom. The number of nitrogen functional groups attached to an aromatic ring is 1. The van der Waals surface area contributed by atoms with Crippen molar-refractivity contribution in [2.24, 2.45) is 0 Å². The Bertz CT molecular complexity index is 585. The molecule has 0 saturated heterocycles. The highest BCUT2D eigenvalue weighted by Gasteiger charge is 2.07. The van der Waals surface area contributed by atoms with Crippen LogP contribution in [0.2, 0.25) is 0 Å². The highest BCUT2D eigenvalue weighted by Crippen LogP contribution is 2.21. The third-order valence-electron chi connectivity index (χ3n) is 3.26. The molecule has 0 atom stereocenters. The Kier molecular flexibility index (Phi) is 6.03. The number of anilines is 1. The van der Waals surface area contributed by atoms with Crippen LogP contribution in [0.1, 0.15) is 17.7 Å². The smallest absolute Gasteiger partial charge is 0.131 e. The Hall–Kier alpha value is -2.27. The van der Waals surface area contributed by atoms with Gasteiger partial charge in [-0.2, -0.15) is 0 Å². The molecule has 0 spiro atoms. The predicted octanol–water partition coefficient (Wildman–Crippen LogP) is 2.97. The van der Waals surface area contributed by atoms with Crippen LogP contribution in [0.3, 0.4) is 0 Å². The van der Waals surface area contributed by atoms with E-state index < -0.39 is 0 Å². The van der Waals surface area contributed by atoms with Crippen LogP contribution in [-0.2, 0) is 11.3 Å². The summed E-state index contributed by atoms with van der Waals surface area (Å²) in [5.41, 5.74) is 8.23. The van der Waals surface area contributed by atoms with Gasteiger partial charge in [0.05, 0.1) is 12.3 Å².